The number of hydrogen-bond donors (Lipinski definition) is 1. The minimum atomic E-state index is -0.728. The van der Waals surface area contributed by atoms with E-state index >= 15 is 0 Å². The Labute approximate surface area is 101 Å². The molecule has 1 aromatic rings. The van der Waals surface area contributed by atoms with Gasteiger partial charge in [-0.25, -0.2) is 0 Å². The van der Waals surface area contributed by atoms with Crippen molar-refractivity contribution in [3.05, 3.63) is 21.9 Å². The zero-order valence-electron chi connectivity index (χ0n) is 10.1. The van der Waals surface area contributed by atoms with Crippen LogP contribution in [0.15, 0.2) is 11.4 Å². The molecule has 0 saturated heterocycles. The van der Waals surface area contributed by atoms with Crippen molar-refractivity contribution >= 4 is 17.3 Å². The topological polar surface area (TPSA) is 40.5 Å². The van der Waals surface area contributed by atoms with E-state index in [0.29, 0.717) is 12.6 Å². The van der Waals surface area contributed by atoms with Crippen LogP contribution in [-0.4, -0.2) is 29.1 Å². The molecule has 0 aliphatic carbocycles. The zero-order chi connectivity index (χ0) is 12.1. The second-order valence-corrected chi connectivity index (χ2v) is 4.86. The number of carboxylic acids is 1. The van der Waals surface area contributed by atoms with Gasteiger partial charge in [-0.05, 0) is 37.4 Å². The number of thiophene rings is 1. The standard InChI is InChI=1S/C12H19NO2S/c1-4-13(7-5-11(14)15)10(3)12-9(2)6-8-16-12/h6,8,10H,4-5,7H2,1-3H3,(H,14,15). The van der Waals surface area contributed by atoms with E-state index in [1.165, 1.54) is 10.4 Å². The highest BCUT2D eigenvalue weighted by atomic mass is 32.1. The number of nitrogens with zero attached hydrogens (tertiary/aromatic N) is 1. The van der Waals surface area contributed by atoms with E-state index in [2.05, 4.69) is 37.1 Å². The van der Waals surface area contributed by atoms with Gasteiger partial charge in [-0.2, -0.15) is 0 Å². The van der Waals surface area contributed by atoms with E-state index in [-0.39, 0.29) is 6.42 Å². The van der Waals surface area contributed by atoms with Gasteiger partial charge in [0.05, 0.1) is 6.42 Å². The third-order valence-corrected chi connectivity index (χ3v) is 4.04. The average molecular weight is 241 g/mol. The molecule has 0 saturated carbocycles. The molecule has 16 heavy (non-hydrogen) atoms. The van der Waals surface area contributed by atoms with E-state index in [4.69, 9.17) is 5.11 Å². The van der Waals surface area contributed by atoms with Crippen LogP contribution in [0.3, 0.4) is 0 Å². The number of hydrogen-bond acceptors (Lipinski definition) is 3. The first-order chi connectivity index (χ1) is 7.56. The summed E-state index contributed by atoms with van der Waals surface area (Å²) in [6.45, 7) is 7.81. The Balaban J connectivity index is 2.66. The number of carboxylic acid groups (broad SMARTS) is 1. The summed E-state index contributed by atoms with van der Waals surface area (Å²) >= 11 is 1.75. The molecule has 1 N–H and O–H groups in total. The van der Waals surface area contributed by atoms with Gasteiger partial charge < -0.3 is 5.11 Å². The summed E-state index contributed by atoms with van der Waals surface area (Å²) < 4.78 is 0. The smallest absolute Gasteiger partial charge is 0.304 e. The molecule has 1 unspecified atom stereocenters. The van der Waals surface area contributed by atoms with Gasteiger partial charge in [-0.3, -0.25) is 9.69 Å². The normalized spacial score (nSPS) is 13.0. The van der Waals surface area contributed by atoms with Gasteiger partial charge in [0.1, 0.15) is 0 Å². The number of aryl methyl sites for hydroxylation is 1. The van der Waals surface area contributed by atoms with Crippen molar-refractivity contribution in [2.45, 2.75) is 33.2 Å². The molecule has 0 fully saturated rings. The first kappa shape index (κ1) is 13.2. The third-order valence-electron chi connectivity index (χ3n) is 2.85. The predicted molar refractivity (Wildman–Crippen MR) is 67.0 cm³/mol. The summed E-state index contributed by atoms with van der Waals surface area (Å²) in [5, 5.41) is 10.8. The van der Waals surface area contributed by atoms with E-state index in [0.717, 1.165) is 6.54 Å². The third kappa shape index (κ3) is 3.32. The van der Waals surface area contributed by atoms with Gasteiger partial charge in [0.25, 0.3) is 0 Å². The second-order valence-electron chi connectivity index (χ2n) is 3.92. The van der Waals surface area contributed by atoms with E-state index in [9.17, 15) is 4.79 Å². The van der Waals surface area contributed by atoms with E-state index < -0.39 is 5.97 Å². The van der Waals surface area contributed by atoms with Gasteiger partial charge in [-0.1, -0.05) is 6.92 Å². The van der Waals surface area contributed by atoms with Crippen LogP contribution in [0.4, 0.5) is 0 Å². The number of carbonyl (C=O) groups is 1. The minimum Gasteiger partial charge on any atom is -0.481 e. The molecule has 0 spiro atoms. The van der Waals surface area contributed by atoms with Crippen molar-refractivity contribution in [1.29, 1.82) is 0 Å². The molecule has 0 aromatic carbocycles. The maximum absolute atomic E-state index is 10.6. The van der Waals surface area contributed by atoms with Crippen molar-refractivity contribution in [2.75, 3.05) is 13.1 Å². The lowest BCUT2D eigenvalue weighted by atomic mass is 10.1. The van der Waals surface area contributed by atoms with E-state index in [1.807, 2.05) is 0 Å². The maximum atomic E-state index is 10.6. The van der Waals surface area contributed by atoms with Gasteiger partial charge in [-0.15, -0.1) is 11.3 Å². The second kappa shape index (κ2) is 6.01. The Morgan fingerprint density at radius 1 is 1.62 bits per heavy atom. The molecule has 1 aromatic heterocycles. The van der Waals surface area contributed by atoms with Crippen LogP contribution in [0.2, 0.25) is 0 Å². The fraction of sp³-hybridized carbons (Fsp3) is 0.583. The van der Waals surface area contributed by atoms with Gasteiger partial charge >= 0.3 is 5.97 Å². The molecule has 1 heterocycles. The quantitative estimate of drug-likeness (QED) is 0.832. The van der Waals surface area contributed by atoms with Crippen molar-refractivity contribution in [2.24, 2.45) is 0 Å². The molecule has 0 bridgehead atoms. The first-order valence-electron chi connectivity index (χ1n) is 5.56. The SMILES string of the molecule is CCN(CCC(=O)O)C(C)c1sccc1C. The molecular weight excluding hydrogens is 222 g/mol. The molecular formula is C12H19NO2S. The van der Waals surface area contributed by atoms with Crippen molar-refractivity contribution in [3.63, 3.8) is 0 Å². The highest BCUT2D eigenvalue weighted by Crippen LogP contribution is 2.28. The number of aliphatic carboxylic acids is 1. The van der Waals surface area contributed by atoms with Crippen LogP contribution in [-0.2, 0) is 4.79 Å². The van der Waals surface area contributed by atoms with Crippen molar-refractivity contribution in [1.82, 2.24) is 4.90 Å². The monoisotopic (exact) mass is 241 g/mol. The fourth-order valence-electron chi connectivity index (χ4n) is 1.84. The molecule has 3 nitrogen and oxygen atoms in total. The lowest BCUT2D eigenvalue weighted by Gasteiger charge is -2.27. The fourth-order valence-corrected chi connectivity index (χ4v) is 2.86. The molecule has 1 atom stereocenters. The largest absolute Gasteiger partial charge is 0.481 e. The molecule has 1 rings (SSSR count). The summed E-state index contributed by atoms with van der Waals surface area (Å²) in [5.74, 6) is -0.728. The molecule has 0 amide bonds. The van der Waals surface area contributed by atoms with Gasteiger partial charge in [0.2, 0.25) is 0 Å². The summed E-state index contributed by atoms with van der Waals surface area (Å²) in [6, 6.07) is 2.42. The minimum absolute atomic E-state index is 0.211. The summed E-state index contributed by atoms with van der Waals surface area (Å²) in [6.07, 6.45) is 0.211. The summed E-state index contributed by atoms with van der Waals surface area (Å²) in [7, 11) is 0. The summed E-state index contributed by atoms with van der Waals surface area (Å²) in [5.41, 5.74) is 1.30. The van der Waals surface area contributed by atoms with Crippen LogP contribution in [0.25, 0.3) is 0 Å². The highest BCUT2D eigenvalue weighted by molar-refractivity contribution is 7.10. The molecule has 0 aliphatic heterocycles. The maximum Gasteiger partial charge on any atom is 0.304 e. The van der Waals surface area contributed by atoms with Crippen molar-refractivity contribution < 1.29 is 9.90 Å². The average Bonchev–Trinajstić information content (AvgIpc) is 2.64. The lowest BCUT2D eigenvalue weighted by Crippen LogP contribution is -2.29. The lowest BCUT2D eigenvalue weighted by molar-refractivity contribution is -0.137. The molecule has 0 aliphatic rings. The highest BCUT2D eigenvalue weighted by Gasteiger charge is 2.17. The number of rotatable bonds is 6. The van der Waals surface area contributed by atoms with Crippen LogP contribution in [0.1, 0.15) is 36.8 Å². The Morgan fingerprint density at radius 2 is 2.31 bits per heavy atom. The summed E-state index contributed by atoms with van der Waals surface area (Å²) in [4.78, 5) is 14.1. The zero-order valence-corrected chi connectivity index (χ0v) is 10.9. The van der Waals surface area contributed by atoms with Crippen LogP contribution in [0.5, 0.6) is 0 Å². The Bertz CT molecular complexity index is 349. The van der Waals surface area contributed by atoms with Gasteiger partial charge in [0, 0.05) is 17.5 Å². The first-order valence-corrected chi connectivity index (χ1v) is 6.44. The van der Waals surface area contributed by atoms with Crippen molar-refractivity contribution in [3.8, 4) is 0 Å². The Kier molecular flexibility index (Phi) is 4.96. The van der Waals surface area contributed by atoms with Crippen LogP contribution < -0.4 is 0 Å². The van der Waals surface area contributed by atoms with Crippen LogP contribution in [0, 0.1) is 6.92 Å². The van der Waals surface area contributed by atoms with E-state index in [1.54, 1.807) is 11.3 Å². The Hall–Kier alpha value is -0.870. The van der Waals surface area contributed by atoms with Crippen LogP contribution >= 0.6 is 11.3 Å². The molecule has 90 valence electrons. The molecule has 4 heteroatoms. The van der Waals surface area contributed by atoms with Gasteiger partial charge in [0.15, 0.2) is 0 Å². The predicted octanol–water partition coefficient (Wildman–Crippen LogP) is 2.91. The Morgan fingerprint density at radius 3 is 2.75 bits per heavy atom. The molecule has 0 radical (unpaired) electrons.